The van der Waals surface area contributed by atoms with E-state index >= 15 is 0 Å². The number of sulfonamides is 1. The van der Waals surface area contributed by atoms with Crippen LogP contribution in [-0.4, -0.2) is 23.2 Å². The van der Waals surface area contributed by atoms with E-state index in [0.717, 1.165) is 11.3 Å². The fourth-order valence-electron chi connectivity index (χ4n) is 2.45. The van der Waals surface area contributed by atoms with E-state index in [1.165, 1.54) is 0 Å². The summed E-state index contributed by atoms with van der Waals surface area (Å²) in [4.78, 5) is 4.32. The van der Waals surface area contributed by atoms with Crippen molar-refractivity contribution in [3.63, 3.8) is 0 Å². The molecule has 0 fully saturated rings. The highest BCUT2D eigenvalue weighted by Gasteiger charge is 2.23. The Kier molecular flexibility index (Phi) is 4.82. The van der Waals surface area contributed by atoms with Crippen LogP contribution in [0.25, 0.3) is 0 Å². The zero-order valence-corrected chi connectivity index (χ0v) is 15.9. The second-order valence-electron chi connectivity index (χ2n) is 7.10. The van der Waals surface area contributed by atoms with Gasteiger partial charge in [-0.2, -0.15) is 5.10 Å². The van der Waals surface area contributed by atoms with E-state index < -0.39 is 10.0 Å². The lowest BCUT2D eigenvalue weighted by Crippen LogP contribution is -2.17. The lowest BCUT2D eigenvalue weighted by atomic mass is 9.92. The van der Waals surface area contributed by atoms with Crippen LogP contribution >= 0.6 is 0 Å². The Bertz CT molecular complexity index is 975. The van der Waals surface area contributed by atoms with Gasteiger partial charge in [0, 0.05) is 23.9 Å². The second kappa shape index (κ2) is 6.92. The van der Waals surface area contributed by atoms with Crippen molar-refractivity contribution in [1.29, 1.82) is 0 Å². The van der Waals surface area contributed by atoms with Gasteiger partial charge in [-0.25, -0.2) is 13.1 Å². The maximum Gasteiger partial charge on any atom is 0.263 e. The first-order chi connectivity index (χ1) is 12.3. The van der Waals surface area contributed by atoms with Gasteiger partial charge in [-0.05, 0) is 23.8 Å². The Balaban J connectivity index is 1.98. The number of anilines is 1. The van der Waals surface area contributed by atoms with Crippen molar-refractivity contribution >= 4 is 15.8 Å². The number of hydrogen-bond donors (Lipinski definition) is 1. The maximum atomic E-state index is 12.7. The van der Waals surface area contributed by atoms with Gasteiger partial charge in [0.2, 0.25) is 0 Å². The SMILES string of the molecule is CC(C)(C)c1cc(NS(=O)(=O)c2ccccc2)n(Cc2cccnc2)n1. The van der Waals surface area contributed by atoms with Gasteiger partial charge in [0.1, 0.15) is 5.82 Å². The molecule has 0 saturated heterocycles. The molecule has 0 atom stereocenters. The molecule has 3 aromatic rings. The van der Waals surface area contributed by atoms with Gasteiger partial charge in [-0.3, -0.25) is 9.71 Å². The summed E-state index contributed by atoms with van der Waals surface area (Å²) in [6.07, 6.45) is 3.44. The van der Waals surface area contributed by atoms with Gasteiger partial charge in [0.15, 0.2) is 0 Å². The Hall–Kier alpha value is -2.67. The third-order valence-corrected chi connectivity index (χ3v) is 5.27. The number of nitrogens with one attached hydrogen (secondary N) is 1. The zero-order valence-electron chi connectivity index (χ0n) is 15.0. The molecule has 2 heterocycles. The summed E-state index contributed by atoms with van der Waals surface area (Å²) in [5.74, 6) is 0.433. The molecule has 0 aliphatic heterocycles. The molecule has 1 N–H and O–H groups in total. The first-order valence-electron chi connectivity index (χ1n) is 8.31. The molecule has 0 amide bonds. The number of aromatic nitrogens is 3. The molecule has 0 aliphatic carbocycles. The monoisotopic (exact) mass is 370 g/mol. The van der Waals surface area contributed by atoms with Crippen molar-refractivity contribution in [2.45, 2.75) is 37.6 Å². The van der Waals surface area contributed by atoms with E-state index in [2.05, 4.69) is 14.8 Å². The molecule has 1 aromatic carbocycles. The van der Waals surface area contributed by atoms with E-state index in [9.17, 15) is 8.42 Å². The molecule has 26 heavy (non-hydrogen) atoms. The largest absolute Gasteiger partial charge is 0.264 e. The predicted molar refractivity (Wildman–Crippen MR) is 102 cm³/mol. The summed E-state index contributed by atoms with van der Waals surface area (Å²) in [5, 5.41) is 4.62. The molecule has 2 aromatic heterocycles. The summed E-state index contributed by atoms with van der Waals surface area (Å²) < 4.78 is 29.7. The molecule has 136 valence electrons. The minimum atomic E-state index is -3.69. The smallest absolute Gasteiger partial charge is 0.263 e. The number of nitrogens with zero attached hydrogens (tertiary/aromatic N) is 3. The normalized spacial score (nSPS) is 12.1. The highest BCUT2D eigenvalue weighted by molar-refractivity contribution is 7.92. The molecule has 0 unspecified atom stereocenters. The van der Waals surface area contributed by atoms with E-state index in [1.54, 1.807) is 53.5 Å². The van der Waals surface area contributed by atoms with Crippen LogP contribution in [0.3, 0.4) is 0 Å². The summed E-state index contributed by atoms with van der Waals surface area (Å²) in [6.45, 7) is 6.55. The lowest BCUT2D eigenvalue weighted by molar-refractivity contribution is 0.546. The lowest BCUT2D eigenvalue weighted by Gasteiger charge is -2.14. The zero-order chi connectivity index (χ0) is 18.8. The number of pyridine rings is 1. The topological polar surface area (TPSA) is 76.9 Å². The van der Waals surface area contributed by atoms with Crippen LogP contribution in [0.15, 0.2) is 65.8 Å². The van der Waals surface area contributed by atoms with Crippen LogP contribution < -0.4 is 4.72 Å². The molecule has 6 nitrogen and oxygen atoms in total. The van der Waals surface area contributed by atoms with Gasteiger partial charge >= 0.3 is 0 Å². The molecule has 0 radical (unpaired) electrons. The Morgan fingerprint density at radius 3 is 2.42 bits per heavy atom. The second-order valence-corrected chi connectivity index (χ2v) is 8.78. The number of rotatable bonds is 5. The highest BCUT2D eigenvalue weighted by atomic mass is 32.2. The third kappa shape index (κ3) is 4.11. The molecule has 7 heteroatoms. The Morgan fingerprint density at radius 1 is 1.08 bits per heavy atom. The summed E-state index contributed by atoms with van der Waals surface area (Å²) in [7, 11) is -3.69. The summed E-state index contributed by atoms with van der Waals surface area (Å²) in [6, 6.07) is 13.9. The third-order valence-electron chi connectivity index (χ3n) is 3.90. The molecule has 0 bridgehead atoms. The average molecular weight is 370 g/mol. The Labute approximate surface area is 154 Å². The minimum absolute atomic E-state index is 0.201. The van der Waals surface area contributed by atoms with Crippen molar-refractivity contribution in [2.24, 2.45) is 0 Å². The molecular formula is C19H22N4O2S. The fourth-order valence-corrected chi connectivity index (χ4v) is 3.52. The molecule has 3 rings (SSSR count). The van der Waals surface area contributed by atoms with E-state index in [4.69, 9.17) is 0 Å². The van der Waals surface area contributed by atoms with Crippen LogP contribution in [0.1, 0.15) is 32.0 Å². The molecule has 0 saturated carbocycles. The van der Waals surface area contributed by atoms with E-state index in [1.807, 2.05) is 32.9 Å². The summed E-state index contributed by atoms with van der Waals surface area (Å²) in [5.41, 5.74) is 1.55. The van der Waals surface area contributed by atoms with Crippen LogP contribution in [-0.2, 0) is 22.0 Å². The minimum Gasteiger partial charge on any atom is -0.264 e. The summed E-state index contributed by atoms with van der Waals surface area (Å²) >= 11 is 0. The van der Waals surface area contributed by atoms with E-state index in [0.29, 0.717) is 12.4 Å². The number of benzene rings is 1. The van der Waals surface area contributed by atoms with Gasteiger partial charge in [-0.1, -0.05) is 45.0 Å². The van der Waals surface area contributed by atoms with Crippen LogP contribution in [0.4, 0.5) is 5.82 Å². The van der Waals surface area contributed by atoms with E-state index in [-0.39, 0.29) is 10.3 Å². The van der Waals surface area contributed by atoms with Crippen molar-refractivity contribution in [1.82, 2.24) is 14.8 Å². The predicted octanol–water partition coefficient (Wildman–Crippen LogP) is 3.42. The van der Waals surface area contributed by atoms with Gasteiger partial charge in [-0.15, -0.1) is 0 Å². The van der Waals surface area contributed by atoms with Gasteiger partial charge in [0.25, 0.3) is 10.0 Å². The van der Waals surface area contributed by atoms with Crippen molar-refractivity contribution in [2.75, 3.05) is 4.72 Å². The van der Waals surface area contributed by atoms with Crippen LogP contribution in [0, 0.1) is 0 Å². The standard InChI is InChI=1S/C19H22N4O2S/c1-19(2,3)17-12-18(22-26(24,25)16-9-5-4-6-10-16)23(21-17)14-15-8-7-11-20-13-15/h4-13,22H,14H2,1-3H3. The fraction of sp³-hybridized carbons (Fsp3) is 0.263. The average Bonchev–Trinajstić information content (AvgIpc) is 2.99. The van der Waals surface area contributed by atoms with Crippen molar-refractivity contribution in [3.05, 3.63) is 72.2 Å². The van der Waals surface area contributed by atoms with Gasteiger partial charge in [0.05, 0.1) is 17.1 Å². The van der Waals surface area contributed by atoms with Crippen LogP contribution in [0.2, 0.25) is 0 Å². The van der Waals surface area contributed by atoms with Gasteiger partial charge < -0.3 is 0 Å². The first kappa shape index (κ1) is 18.1. The molecule has 0 spiro atoms. The number of hydrogen-bond acceptors (Lipinski definition) is 4. The highest BCUT2D eigenvalue weighted by Crippen LogP contribution is 2.26. The van der Waals surface area contributed by atoms with Crippen molar-refractivity contribution < 1.29 is 8.42 Å². The Morgan fingerprint density at radius 2 is 1.81 bits per heavy atom. The molecule has 0 aliphatic rings. The quantitative estimate of drug-likeness (QED) is 0.746. The molecular weight excluding hydrogens is 348 g/mol. The maximum absolute atomic E-state index is 12.7. The van der Waals surface area contributed by atoms with Crippen LogP contribution in [0.5, 0.6) is 0 Å². The first-order valence-corrected chi connectivity index (χ1v) is 9.79. The van der Waals surface area contributed by atoms with Crippen molar-refractivity contribution in [3.8, 4) is 0 Å².